The van der Waals surface area contributed by atoms with Crippen molar-refractivity contribution in [3.63, 3.8) is 0 Å². The largest absolute Gasteiger partial charge is 0.348 e. The van der Waals surface area contributed by atoms with Crippen LogP contribution in [0.15, 0.2) is 29.1 Å². The minimum Gasteiger partial charge on any atom is -0.348 e. The molecule has 1 amide bonds. The summed E-state index contributed by atoms with van der Waals surface area (Å²) in [6.07, 6.45) is 4.31. The Morgan fingerprint density at radius 1 is 1.23 bits per heavy atom. The van der Waals surface area contributed by atoms with Gasteiger partial charge >= 0.3 is 0 Å². The highest BCUT2D eigenvalue weighted by Crippen LogP contribution is 2.27. The SMILES string of the molecule is CC(C)Cn1nc(C(=O)NC2CC3CCC(C2)N3)c2ccccc2c1=O. The third kappa shape index (κ3) is 3.26. The Morgan fingerprint density at radius 2 is 1.88 bits per heavy atom. The van der Waals surface area contributed by atoms with Crippen LogP contribution in [0.2, 0.25) is 0 Å². The van der Waals surface area contributed by atoms with Gasteiger partial charge in [-0.25, -0.2) is 4.68 Å². The molecule has 2 atom stereocenters. The van der Waals surface area contributed by atoms with Crippen LogP contribution in [0, 0.1) is 5.92 Å². The van der Waals surface area contributed by atoms with Gasteiger partial charge in [-0.1, -0.05) is 32.0 Å². The summed E-state index contributed by atoms with van der Waals surface area (Å²) in [6.45, 7) is 4.57. The first-order valence-electron chi connectivity index (χ1n) is 9.58. The summed E-state index contributed by atoms with van der Waals surface area (Å²) in [7, 11) is 0. The predicted octanol–water partition coefficient (Wildman–Crippen LogP) is 2.07. The molecule has 26 heavy (non-hydrogen) atoms. The minimum atomic E-state index is -0.176. The van der Waals surface area contributed by atoms with Gasteiger partial charge in [-0.2, -0.15) is 5.10 Å². The Hall–Kier alpha value is -2.21. The summed E-state index contributed by atoms with van der Waals surface area (Å²) >= 11 is 0. The highest BCUT2D eigenvalue weighted by molar-refractivity contribution is 6.04. The molecule has 2 aliphatic rings. The molecule has 1 aromatic carbocycles. The Labute approximate surface area is 153 Å². The molecule has 1 aromatic heterocycles. The second-order valence-electron chi connectivity index (χ2n) is 8.05. The molecule has 2 aliphatic heterocycles. The van der Waals surface area contributed by atoms with Gasteiger partial charge in [0.05, 0.1) is 5.39 Å². The number of hydrogen-bond acceptors (Lipinski definition) is 4. The molecule has 0 spiro atoms. The van der Waals surface area contributed by atoms with Gasteiger partial charge in [0.25, 0.3) is 11.5 Å². The van der Waals surface area contributed by atoms with Gasteiger partial charge in [-0.3, -0.25) is 9.59 Å². The maximum atomic E-state index is 13.0. The molecular weight excluding hydrogens is 328 g/mol. The first-order chi connectivity index (χ1) is 12.5. The molecule has 2 fully saturated rings. The third-order valence-corrected chi connectivity index (χ3v) is 5.43. The number of benzene rings is 1. The molecule has 4 rings (SSSR count). The topological polar surface area (TPSA) is 76.0 Å². The summed E-state index contributed by atoms with van der Waals surface area (Å²) < 4.78 is 1.44. The van der Waals surface area contributed by atoms with E-state index in [1.165, 1.54) is 17.5 Å². The Bertz CT molecular complexity index is 877. The molecule has 2 unspecified atom stereocenters. The number of nitrogens with zero attached hydrogens (tertiary/aromatic N) is 2. The molecule has 6 heteroatoms. The van der Waals surface area contributed by atoms with Crippen LogP contribution >= 0.6 is 0 Å². The first kappa shape index (κ1) is 17.2. The summed E-state index contributed by atoms with van der Waals surface area (Å²) in [5, 5.41) is 12.4. The first-order valence-corrected chi connectivity index (χ1v) is 9.58. The van der Waals surface area contributed by atoms with Crippen LogP contribution in [0.5, 0.6) is 0 Å². The van der Waals surface area contributed by atoms with Gasteiger partial charge in [0, 0.05) is 30.1 Å². The van der Waals surface area contributed by atoms with Crippen molar-refractivity contribution in [2.75, 3.05) is 0 Å². The number of aromatic nitrogens is 2. The molecule has 2 saturated heterocycles. The van der Waals surface area contributed by atoms with Crippen LogP contribution in [0.1, 0.15) is 50.0 Å². The van der Waals surface area contributed by atoms with Crippen molar-refractivity contribution in [3.8, 4) is 0 Å². The van der Waals surface area contributed by atoms with Crippen molar-refractivity contribution in [1.29, 1.82) is 0 Å². The van der Waals surface area contributed by atoms with Crippen LogP contribution in [-0.2, 0) is 6.54 Å². The fourth-order valence-corrected chi connectivity index (χ4v) is 4.30. The number of amides is 1. The fourth-order valence-electron chi connectivity index (χ4n) is 4.30. The van der Waals surface area contributed by atoms with E-state index in [0.29, 0.717) is 35.1 Å². The zero-order valence-electron chi connectivity index (χ0n) is 15.4. The second-order valence-corrected chi connectivity index (χ2v) is 8.05. The monoisotopic (exact) mass is 354 g/mol. The number of carbonyl (C=O) groups is 1. The van der Waals surface area contributed by atoms with Crippen LogP contribution in [0.4, 0.5) is 0 Å². The molecule has 138 valence electrons. The quantitative estimate of drug-likeness (QED) is 0.881. The normalized spacial score (nSPS) is 25.0. The van der Waals surface area contributed by atoms with Crippen molar-refractivity contribution in [2.24, 2.45) is 5.92 Å². The summed E-state index contributed by atoms with van der Waals surface area (Å²) in [6, 6.07) is 8.46. The van der Waals surface area contributed by atoms with E-state index >= 15 is 0 Å². The maximum absolute atomic E-state index is 13.0. The number of nitrogens with one attached hydrogen (secondary N) is 2. The molecule has 6 nitrogen and oxygen atoms in total. The standard InChI is InChI=1S/C20H26N4O2/c1-12(2)11-24-20(26)17-6-4-3-5-16(17)18(23-24)19(25)22-15-9-13-7-8-14(10-15)21-13/h3-6,12-15,21H,7-11H2,1-2H3,(H,22,25). The molecule has 0 radical (unpaired) electrons. The second kappa shape index (κ2) is 6.83. The number of rotatable bonds is 4. The van der Waals surface area contributed by atoms with E-state index in [-0.39, 0.29) is 23.4 Å². The van der Waals surface area contributed by atoms with E-state index in [1.807, 2.05) is 32.0 Å². The van der Waals surface area contributed by atoms with Gasteiger partial charge in [-0.05, 0) is 37.7 Å². The number of hydrogen-bond donors (Lipinski definition) is 2. The molecule has 2 aromatic rings. The fraction of sp³-hybridized carbons (Fsp3) is 0.550. The Kier molecular flexibility index (Phi) is 4.53. The maximum Gasteiger partial charge on any atom is 0.274 e. The van der Waals surface area contributed by atoms with Crippen molar-refractivity contribution in [3.05, 3.63) is 40.3 Å². The summed E-state index contributed by atoms with van der Waals surface area (Å²) in [5.41, 5.74) is 0.220. The summed E-state index contributed by atoms with van der Waals surface area (Å²) in [4.78, 5) is 25.7. The van der Waals surface area contributed by atoms with E-state index in [1.54, 1.807) is 6.07 Å². The van der Waals surface area contributed by atoms with Gasteiger partial charge in [0.1, 0.15) is 0 Å². The van der Waals surface area contributed by atoms with E-state index < -0.39 is 0 Å². The lowest BCUT2D eigenvalue weighted by Gasteiger charge is -2.29. The Morgan fingerprint density at radius 3 is 2.54 bits per heavy atom. The lowest BCUT2D eigenvalue weighted by molar-refractivity contribution is 0.0918. The molecule has 3 heterocycles. The lowest BCUT2D eigenvalue weighted by Crippen LogP contribution is -2.48. The van der Waals surface area contributed by atoms with Gasteiger partial charge in [0.2, 0.25) is 0 Å². The minimum absolute atomic E-state index is 0.134. The predicted molar refractivity (Wildman–Crippen MR) is 101 cm³/mol. The highest BCUT2D eigenvalue weighted by Gasteiger charge is 2.34. The van der Waals surface area contributed by atoms with Crippen molar-refractivity contribution in [2.45, 2.75) is 64.2 Å². The van der Waals surface area contributed by atoms with E-state index in [2.05, 4.69) is 15.7 Å². The highest BCUT2D eigenvalue weighted by atomic mass is 16.2. The van der Waals surface area contributed by atoms with E-state index in [0.717, 1.165) is 12.8 Å². The van der Waals surface area contributed by atoms with Crippen molar-refractivity contribution >= 4 is 16.7 Å². The van der Waals surface area contributed by atoms with Crippen molar-refractivity contribution < 1.29 is 4.79 Å². The van der Waals surface area contributed by atoms with Crippen LogP contribution < -0.4 is 16.2 Å². The lowest BCUT2D eigenvalue weighted by atomic mass is 9.99. The average Bonchev–Trinajstić information content (AvgIpc) is 2.95. The van der Waals surface area contributed by atoms with Crippen LogP contribution in [-0.4, -0.2) is 33.8 Å². The van der Waals surface area contributed by atoms with Crippen molar-refractivity contribution in [1.82, 2.24) is 20.4 Å². The number of carbonyl (C=O) groups excluding carboxylic acids is 1. The Balaban J connectivity index is 1.67. The summed E-state index contributed by atoms with van der Waals surface area (Å²) in [5.74, 6) is 0.0994. The smallest absolute Gasteiger partial charge is 0.274 e. The average molecular weight is 354 g/mol. The molecule has 0 saturated carbocycles. The molecular formula is C20H26N4O2. The van der Waals surface area contributed by atoms with Crippen LogP contribution in [0.3, 0.4) is 0 Å². The van der Waals surface area contributed by atoms with E-state index in [9.17, 15) is 9.59 Å². The third-order valence-electron chi connectivity index (χ3n) is 5.43. The zero-order chi connectivity index (χ0) is 18.3. The molecule has 2 bridgehead atoms. The molecule has 0 aliphatic carbocycles. The van der Waals surface area contributed by atoms with Gasteiger partial charge in [-0.15, -0.1) is 0 Å². The molecule has 2 N–H and O–H groups in total. The van der Waals surface area contributed by atoms with Gasteiger partial charge < -0.3 is 10.6 Å². The zero-order valence-corrected chi connectivity index (χ0v) is 15.4. The number of piperidine rings is 1. The van der Waals surface area contributed by atoms with Gasteiger partial charge in [0.15, 0.2) is 5.69 Å². The number of fused-ring (bicyclic) bond motifs is 3. The van der Waals surface area contributed by atoms with E-state index in [4.69, 9.17) is 0 Å². The van der Waals surface area contributed by atoms with Crippen LogP contribution in [0.25, 0.3) is 10.8 Å².